The lowest BCUT2D eigenvalue weighted by Crippen LogP contribution is -2.42. The minimum Gasteiger partial charge on any atom is -0.352 e. The van der Waals surface area contributed by atoms with Crippen molar-refractivity contribution < 1.29 is 26.7 Å². The molecule has 5 nitrogen and oxygen atoms in total. The second kappa shape index (κ2) is 11.8. The zero-order valence-electron chi connectivity index (χ0n) is 16.8. The maximum Gasteiger partial charge on any atom is 0.416 e. The molecule has 0 aliphatic rings. The molecule has 0 bridgehead atoms. The molecule has 0 aromatic heterocycles. The number of nitrogens with zero attached hydrogens (tertiary/aromatic N) is 2. The number of halogens is 6. The van der Waals surface area contributed by atoms with Crippen molar-refractivity contribution in [2.45, 2.75) is 19.3 Å². The van der Waals surface area contributed by atoms with Crippen molar-refractivity contribution in [3.05, 3.63) is 70.8 Å². The zero-order chi connectivity index (χ0) is 22.3. The predicted molar refractivity (Wildman–Crippen MR) is 118 cm³/mol. The number of guanidine groups is 1. The van der Waals surface area contributed by atoms with E-state index in [9.17, 15) is 26.7 Å². The van der Waals surface area contributed by atoms with Gasteiger partial charge in [0.15, 0.2) is 5.96 Å². The molecule has 0 spiro atoms. The fourth-order valence-electron chi connectivity index (χ4n) is 2.37. The van der Waals surface area contributed by atoms with Gasteiger partial charge in [-0.05, 0) is 35.9 Å². The molecule has 0 saturated heterocycles. The molecule has 2 aromatic carbocycles. The Morgan fingerprint density at radius 1 is 1.06 bits per heavy atom. The summed E-state index contributed by atoms with van der Waals surface area (Å²) in [5.74, 6) is -1.47. The molecule has 31 heavy (non-hydrogen) atoms. The summed E-state index contributed by atoms with van der Waals surface area (Å²) in [7, 11) is 3.11. The number of carbonyl (C=O) groups is 1. The van der Waals surface area contributed by atoms with Gasteiger partial charge in [-0.3, -0.25) is 4.79 Å². The number of rotatable bonds is 6. The molecule has 2 N–H and O–H groups in total. The van der Waals surface area contributed by atoms with Crippen LogP contribution >= 0.6 is 24.0 Å². The highest BCUT2D eigenvalue weighted by Gasteiger charge is 2.30. The van der Waals surface area contributed by atoms with Gasteiger partial charge in [-0.25, -0.2) is 13.8 Å². The Balaban J connectivity index is 0.00000480. The summed E-state index contributed by atoms with van der Waals surface area (Å²) in [6.07, 6.45) is -4.48. The molecule has 11 heteroatoms. The minimum atomic E-state index is -4.48. The van der Waals surface area contributed by atoms with E-state index in [0.717, 1.165) is 30.3 Å². The average Bonchev–Trinajstić information content (AvgIpc) is 2.69. The van der Waals surface area contributed by atoms with Crippen molar-refractivity contribution in [2.75, 3.05) is 20.6 Å². The summed E-state index contributed by atoms with van der Waals surface area (Å²) in [6, 6.07) is 7.65. The number of carbonyl (C=O) groups excluding carboxylic acids is 1. The molecule has 0 fully saturated rings. The molecule has 0 unspecified atom stereocenters. The van der Waals surface area contributed by atoms with E-state index in [1.807, 2.05) is 0 Å². The maximum absolute atomic E-state index is 13.8. The van der Waals surface area contributed by atoms with Crippen LogP contribution in [0.2, 0.25) is 0 Å². The number of amides is 1. The predicted octanol–water partition coefficient (Wildman–Crippen LogP) is 3.93. The van der Waals surface area contributed by atoms with Gasteiger partial charge in [-0.2, -0.15) is 13.2 Å². The number of aliphatic imine (C=N–C) groups is 1. The summed E-state index contributed by atoms with van der Waals surface area (Å²) in [6.45, 7) is -0.414. The first-order valence-corrected chi connectivity index (χ1v) is 8.88. The lowest BCUT2D eigenvalue weighted by Gasteiger charge is -2.15. The molecule has 170 valence electrons. The van der Waals surface area contributed by atoms with Crippen molar-refractivity contribution in [1.82, 2.24) is 15.5 Å². The van der Waals surface area contributed by atoms with Crippen LogP contribution in [0.5, 0.6) is 0 Å². The van der Waals surface area contributed by atoms with Crippen LogP contribution in [-0.2, 0) is 24.1 Å². The second-order valence-electron chi connectivity index (χ2n) is 6.59. The van der Waals surface area contributed by atoms with Crippen LogP contribution in [-0.4, -0.2) is 37.4 Å². The van der Waals surface area contributed by atoms with Crippen LogP contribution in [0.25, 0.3) is 0 Å². The third-order valence-electron chi connectivity index (χ3n) is 4.03. The first-order chi connectivity index (χ1) is 14.1. The number of hydrogen-bond donors (Lipinski definition) is 2. The van der Waals surface area contributed by atoms with Gasteiger partial charge in [-0.1, -0.05) is 12.1 Å². The van der Waals surface area contributed by atoms with E-state index < -0.39 is 23.4 Å². The van der Waals surface area contributed by atoms with Crippen molar-refractivity contribution in [3.8, 4) is 0 Å². The molecule has 0 heterocycles. The molecular weight excluding hydrogens is 534 g/mol. The van der Waals surface area contributed by atoms with E-state index in [4.69, 9.17) is 0 Å². The second-order valence-corrected chi connectivity index (χ2v) is 6.59. The smallest absolute Gasteiger partial charge is 0.352 e. The Kier molecular flexibility index (Phi) is 10.1. The highest BCUT2D eigenvalue weighted by Crippen LogP contribution is 2.29. The van der Waals surface area contributed by atoms with E-state index in [1.54, 1.807) is 14.1 Å². The molecular formula is C20H22F5IN4O. The normalized spacial score (nSPS) is 11.5. The fourth-order valence-corrected chi connectivity index (χ4v) is 2.37. The van der Waals surface area contributed by atoms with Gasteiger partial charge in [0.1, 0.15) is 11.6 Å². The first-order valence-electron chi connectivity index (χ1n) is 8.88. The van der Waals surface area contributed by atoms with Gasteiger partial charge in [0.2, 0.25) is 5.91 Å². The molecule has 0 saturated carbocycles. The minimum absolute atomic E-state index is 0. The molecule has 2 aromatic rings. The Morgan fingerprint density at radius 2 is 1.77 bits per heavy atom. The number of likely N-dealkylation sites (N-methyl/N-ethyl adjacent to an activating group) is 1. The van der Waals surface area contributed by atoms with Gasteiger partial charge >= 0.3 is 6.18 Å². The van der Waals surface area contributed by atoms with E-state index in [2.05, 4.69) is 15.6 Å². The number of hydrogen-bond acceptors (Lipinski definition) is 2. The van der Waals surface area contributed by atoms with Crippen LogP contribution in [0.15, 0.2) is 47.5 Å². The molecule has 0 aliphatic heterocycles. The van der Waals surface area contributed by atoms with Gasteiger partial charge < -0.3 is 15.5 Å². The lowest BCUT2D eigenvalue weighted by molar-refractivity contribution is -0.137. The monoisotopic (exact) mass is 556 g/mol. The topological polar surface area (TPSA) is 56.7 Å². The standard InChI is InChI=1S/C20H21F5N4O.HI/c1-29(2)18(30)12-28-19(27-11-14-9-16(21)6-7-17(14)22)26-10-13-4-3-5-15(8-13)20(23,24)25;/h3-9H,10-12H2,1-2H3,(H2,26,27,28);1H. The van der Waals surface area contributed by atoms with E-state index >= 15 is 0 Å². The van der Waals surface area contributed by atoms with Gasteiger partial charge in [-0.15, -0.1) is 24.0 Å². The number of benzene rings is 2. The van der Waals surface area contributed by atoms with Crippen molar-refractivity contribution >= 4 is 35.8 Å². The SMILES string of the molecule is CN(C)C(=O)CNC(=NCc1cccc(C(F)(F)F)c1)NCc1cc(F)ccc1F.I. The van der Waals surface area contributed by atoms with Gasteiger partial charge in [0.25, 0.3) is 0 Å². The third-order valence-corrected chi connectivity index (χ3v) is 4.03. The van der Waals surface area contributed by atoms with Crippen molar-refractivity contribution in [1.29, 1.82) is 0 Å². The van der Waals surface area contributed by atoms with Gasteiger partial charge in [0.05, 0.1) is 18.7 Å². The Morgan fingerprint density at radius 3 is 2.42 bits per heavy atom. The van der Waals surface area contributed by atoms with E-state index in [-0.39, 0.29) is 61.0 Å². The first kappa shape index (κ1) is 26.6. The van der Waals surface area contributed by atoms with Crippen LogP contribution < -0.4 is 10.6 Å². The number of nitrogens with one attached hydrogen (secondary N) is 2. The summed E-state index contributed by atoms with van der Waals surface area (Å²) < 4.78 is 65.7. The van der Waals surface area contributed by atoms with E-state index in [0.29, 0.717) is 5.56 Å². The Bertz CT molecular complexity index is 919. The molecule has 0 atom stereocenters. The van der Waals surface area contributed by atoms with Crippen molar-refractivity contribution in [3.63, 3.8) is 0 Å². The highest BCUT2D eigenvalue weighted by atomic mass is 127. The van der Waals surface area contributed by atoms with Crippen LogP contribution in [0.3, 0.4) is 0 Å². The molecule has 1 amide bonds. The molecule has 2 rings (SSSR count). The number of alkyl halides is 3. The molecule has 0 aliphatic carbocycles. The summed E-state index contributed by atoms with van der Waals surface area (Å²) in [5.41, 5.74) is -0.480. The average molecular weight is 556 g/mol. The largest absolute Gasteiger partial charge is 0.416 e. The van der Waals surface area contributed by atoms with Crippen LogP contribution in [0.4, 0.5) is 22.0 Å². The van der Waals surface area contributed by atoms with Gasteiger partial charge in [0, 0.05) is 26.2 Å². The third kappa shape index (κ3) is 8.67. The van der Waals surface area contributed by atoms with Crippen LogP contribution in [0.1, 0.15) is 16.7 Å². The Hall–Kier alpha value is -2.44. The Labute approximate surface area is 193 Å². The maximum atomic E-state index is 13.8. The van der Waals surface area contributed by atoms with E-state index in [1.165, 1.54) is 17.0 Å². The van der Waals surface area contributed by atoms with Crippen molar-refractivity contribution in [2.24, 2.45) is 4.99 Å². The quantitative estimate of drug-likeness (QED) is 0.246. The zero-order valence-corrected chi connectivity index (χ0v) is 19.1. The summed E-state index contributed by atoms with van der Waals surface area (Å²) in [4.78, 5) is 17.3. The summed E-state index contributed by atoms with van der Waals surface area (Å²) >= 11 is 0. The summed E-state index contributed by atoms with van der Waals surface area (Å²) in [5, 5.41) is 5.48. The lowest BCUT2D eigenvalue weighted by atomic mass is 10.1. The highest BCUT2D eigenvalue weighted by molar-refractivity contribution is 14.0. The molecule has 0 radical (unpaired) electrons. The van der Waals surface area contributed by atoms with Crippen LogP contribution in [0, 0.1) is 11.6 Å². The fraction of sp³-hybridized carbons (Fsp3) is 0.300.